The zero-order valence-corrected chi connectivity index (χ0v) is 17.4. The fourth-order valence-corrected chi connectivity index (χ4v) is 3.78. The number of thioether (sulfide) groups is 1. The molecule has 0 fully saturated rings. The third-order valence-corrected chi connectivity index (χ3v) is 5.41. The molecule has 0 saturated carbocycles. The maximum atomic E-state index is 12.6. The average molecular weight is 432 g/mol. The van der Waals surface area contributed by atoms with Gasteiger partial charge in [0.25, 0.3) is 0 Å². The summed E-state index contributed by atoms with van der Waals surface area (Å²) < 4.78 is 31.6. The maximum absolute atomic E-state index is 12.6. The van der Waals surface area contributed by atoms with Crippen LogP contribution in [0.5, 0.6) is 5.75 Å². The maximum Gasteiger partial charge on any atom is 0.387 e. The minimum absolute atomic E-state index is 0.0834. The van der Waals surface area contributed by atoms with E-state index in [1.807, 2.05) is 41.8 Å². The van der Waals surface area contributed by atoms with E-state index in [9.17, 15) is 13.6 Å². The number of nitrogens with zero attached hydrogens (tertiary/aromatic N) is 3. The number of ether oxygens (including phenoxy) is 1. The van der Waals surface area contributed by atoms with Gasteiger partial charge in [-0.3, -0.25) is 4.79 Å². The zero-order valence-electron chi connectivity index (χ0n) is 16.6. The van der Waals surface area contributed by atoms with E-state index < -0.39 is 11.9 Å². The van der Waals surface area contributed by atoms with Gasteiger partial charge in [0.05, 0.1) is 10.9 Å². The molecule has 1 N–H and O–H groups in total. The van der Waals surface area contributed by atoms with Crippen LogP contribution < -0.4 is 10.1 Å². The van der Waals surface area contributed by atoms with Crippen LogP contribution in [0.3, 0.4) is 0 Å². The SMILES string of the molecule is CCn1c(Cc2ccccc2)nnc1SC(C)C(=O)Nc1ccccc1OC(F)F. The zero-order chi connectivity index (χ0) is 21.5. The highest BCUT2D eigenvalue weighted by Gasteiger charge is 2.21. The van der Waals surface area contributed by atoms with Crippen LogP contribution in [0.2, 0.25) is 0 Å². The predicted octanol–water partition coefficient (Wildman–Crippen LogP) is 4.61. The van der Waals surface area contributed by atoms with Gasteiger partial charge in [-0.2, -0.15) is 8.78 Å². The normalized spacial score (nSPS) is 12.0. The Morgan fingerprint density at radius 3 is 2.53 bits per heavy atom. The van der Waals surface area contributed by atoms with Gasteiger partial charge in [0, 0.05) is 13.0 Å². The van der Waals surface area contributed by atoms with E-state index in [0.29, 0.717) is 18.1 Å². The molecule has 0 spiro atoms. The molecule has 2 aromatic carbocycles. The Hall–Kier alpha value is -2.94. The fraction of sp³-hybridized carbons (Fsp3) is 0.286. The summed E-state index contributed by atoms with van der Waals surface area (Å²) in [6.45, 7) is 1.41. The standard InChI is InChI=1S/C21H22F2N4O2S/c1-3-27-18(13-15-9-5-4-6-10-15)25-26-21(27)30-14(2)19(28)24-16-11-7-8-12-17(16)29-20(22)23/h4-12,14,20H,3,13H2,1-2H3,(H,24,28). The van der Waals surface area contributed by atoms with Crippen LogP contribution in [0.4, 0.5) is 14.5 Å². The lowest BCUT2D eigenvalue weighted by atomic mass is 10.1. The fourth-order valence-electron chi connectivity index (χ4n) is 2.85. The second-order valence-electron chi connectivity index (χ2n) is 6.43. The van der Waals surface area contributed by atoms with Crippen LogP contribution in [0.15, 0.2) is 59.8 Å². The minimum Gasteiger partial charge on any atom is -0.433 e. The molecule has 1 atom stereocenters. The number of carbonyl (C=O) groups is 1. The van der Waals surface area contributed by atoms with Crippen LogP contribution in [-0.4, -0.2) is 32.5 Å². The molecule has 158 valence electrons. The number of alkyl halides is 2. The Morgan fingerprint density at radius 1 is 1.13 bits per heavy atom. The number of anilines is 1. The van der Waals surface area contributed by atoms with E-state index in [2.05, 4.69) is 20.3 Å². The third-order valence-electron chi connectivity index (χ3n) is 4.33. The van der Waals surface area contributed by atoms with Gasteiger partial charge in [-0.25, -0.2) is 0 Å². The molecule has 0 aliphatic heterocycles. The van der Waals surface area contributed by atoms with E-state index in [1.54, 1.807) is 19.1 Å². The molecule has 3 rings (SSSR count). The summed E-state index contributed by atoms with van der Waals surface area (Å²) in [5.74, 6) is 0.384. The average Bonchev–Trinajstić information content (AvgIpc) is 3.10. The summed E-state index contributed by atoms with van der Waals surface area (Å²) >= 11 is 1.26. The van der Waals surface area contributed by atoms with E-state index in [1.165, 1.54) is 23.9 Å². The number of benzene rings is 2. The number of amides is 1. The Balaban J connectivity index is 1.69. The molecule has 1 heterocycles. The highest BCUT2D eigenvalue weighted by atomic mass is 32.2. The number of halogens is 2. The first-order valence-electron chi connectivity index (χ1n) is 9.45. The second-order valence-corrected chi connectivity index (χ2v) is 7.74. The summed E-state index contributed by atoms with van der Waals surface area (Å²) in [5, 5.41) is 11.3. The molecule has 0 bridgehead atoms. The van der Waals surface area contributed by atoms with Crippen molar-refractivity contribution in [2.75, 3.05) is 5.32 Å². The number of carbonyl (C=O) groups excluding carboxylic acids is 1. The molecule has 9 heteroatoms. The molecule has 1 amide bonds. The van der Waals surface area contributed by atoms with Crippen LogP contribution in [-0.2, 0) is 17.8 Å². The van der Waals surface area contributed by atoms with Gasteiger partial charge in [0.1, 0.15) is 11.6 Å². The number of nitrogens with one attached hydrogen (secondary N) is 1. The van der Waals surface area contributed by atoms with Gasteiger partial charge >= 0.3 is 6.61 Å². The highest BCUT2D eigenvalue weighted by Crippen LogP contribution is 2.28. The molecule has 1 unspecified atom stereocenters. The van der Waals surface area contributed by atoms with Crippen molar-refractivity contribution in [3.63, 3.8) is 0 Å². The first kappa shape index (κ1) is 21.8. The summed E-state index contributed by atoms with van der Waals surface area (Å²) in [4.78, 5) is 12.6. The van der Waals surface area contributed by atoms with Crippen molar-refractivity contribution in [1.82, 2.24) is 14.8 Å². The summed E-state index contributed by atoms with van der Waals surface area (Å²) in [6, 6.07) is 16.0. The van der Waals surface area contributed by atoms with Gasteiger partial charge in [-0.05, 0) is 31.5 Å². The highest BCUT2D eigenvalue weighted by molar-refractivity contribution is 8.00. The molecule has 0 aliphatic carbocycles. The topological polar surface area (TPSA) is 69.0 Å². The van der Waals surface area contributed by atoms with Crippen LogP contribution >= 0.6 is 11.8 Å². The number of para-hydroxylation sites is 2. The van der Waals surface area contributed by atoms with Crippen molar-refractivity contribution in [2.45, 2.75) is 43.8 Å². The predicted molar refractivity (Wildman–Crippen MR) is 112 cm³/mol. The molecule has 1 aromatic heterocycles. The van der Waals surface area contributed by atoms with Crippen molar-refractivity contribution < 1.29 is 18.3 Å². The smallest absolute Gasteiger partial charge is 0.387 e. The van der Waals surface area contributed by atoms with Gasteiger partial charge in [-0.1, -0.05) is 54.2 Å². The number of rotatable bonds is 9. The van der Waals surface area contributed by atoms with E-state index in [-0.39, 0.29) is 17.3 Å². The van der Waals surface area contributed by atoms with Crippen LogP contribution in [0, 0.1) is 0 Å². The Kier molecular flexibility index (Phi) is 7.40. The summed E-state index contributed by atoms with van der Waals surface area (Å²) in [7, 11) is 0. The quantitative estimate of drug-likeness (QED) is 0.500. The monoisotopic (exact) mass is 432 g/mol. The molecule has 0 radical (unpaired) electrons. The lowest BCUT2D eigenvalue weighted by Crippen LogP contribution is -2.23. The Morgan fingerprint density at radius 2 is 1.83 bits per heavy atom. The van der Waals surface area contributed by atoms with Crippen molar-refractivity contribution in [1.29, 1.82) is 0 Å². The van der Waals surface area contributed by atoms with Gasteiger partial charge in [0.15, 0.2) is 5.16 Å². The van der Waals surface area contributed by atoms with Crippen LogP contribution in [0.1, 0.15) is 25.2 Å². The van der Waals surface area contributed by atoms with Crippen LogP contribution in [0.25, 0.3) is 0 Å². The van der Waals surface area contributed by atoms with Crippen molar-refractivity contribution in [3.05, 3.63) is 66.0 Å². The summed E-state index contributed by atoms with van der Waals surface area (Å²) in [6.07, 6.45) is 0.640. The summed E-state index contributed by atoms with van der Waals surface area (Å²) in [5.41, 5.74) is 1.31. The third kappa shape index (κ3) is 5.56. The minimum atomic E-state index is -2.97. The van der Waals surface area contributed by atoms with Crippen molar-refractivity contribution in [2.24, 2.45) is 0 Å². The number of aromatic nitrogens is 3. The van der Waals surface area contributed by atoms with E-state index >= 15 is 0 Å². The number of hydrogen-bond donors (Lipinski definition) is 1. The number of hydrogen-bond acceptors (Lipinski definition) is 5. The first-order chi connectivity index (χ1) is 14.5. The molecular formula is C21H22F2N4O2S. The van der Waals surface area contributed by atoms with Gasteiger partial charge in [-0.15, -0.1) is 10.2 Å². The van der Waals surface area contributed by atoms with Crippen molar-refractivity contribution >= 4 is 23.4 Å². The lowest BCUT2D eigenvalue weighted by Gasteiger charge is -2.15. The molecular weight excluding hydrogens is 410 g/mol. The molecule has 30 heavy (non-hydrogen) atoms. The molecule has 6 nitrogen and oxygen atoms in total. The van der Waals surface area contributed by atoms with Gasteiger partial charge < -0.3 is 14.6 Å². The Bertz CT molecular complexity index is 982. The van der Waals surface area contributed by atoms with E-state index in [4.69, 9.17) is 0 Å². The Labute approximate surface area is 177 Å². The van der Waals surface area contributed by atoms with Gasteiger partial charge in [0.2, 0.25) is 5.91 Å². The van der Waals surface area contributed by atoms with E-state index in [0.717, 1.165) is 11.4 Å². The molecule has 0 aliphatic rings. The molecule has 0 saturated heterocycles. The molecule has 3 aromatic rings. The largest absolute Gasteiger partial charge is 0.433 e. The lowest BCUT2D eigenvalue weighted by molar-refractivity contribution is -0.115. The first-order valence-corrected chi connectivity index (χ1v) is 10.3. The van der Waals surface area contributed by atoms with Crippen molar-refractivity contribution in [3.8, 4) is 5.75 Å². The second kappa shape index (κ2) is 10.2.